The molecule has 0 aliphatic carbocycles. The number of rotatable bonds is 5. The summed E-state index contributed by atoms with van der Waals surface area (Å²) >= 11 is 0. The van der Waals surface area contributed by atoms with Crippen LogP contribution in [0.4, 0.5) is 0 Å². The third-order valence-corrected chi connectivity index (χ3v) is 7.46. The van der Waals surface area contributed by atoms with Gasteiger partial charge in [-0.1, -0.05) is 18.2 Å². The molecule has 0 spiro atoms. The summed E-state index contributed by atoms with van der Waals surface area (Å²) < 4.78 is 72.8. The van der Waals surface area contributed by atoms with E-state index in [0.29, 0.717) is 5.58 Å². The smallest absolute Gasteiger partial charge is 0.285 e. The van der Waals surface area contributed by atoms with Gasteiger partial charge in [0.25, 0.3) is 26.1 Å². The van der Waals surface area contributed by atoms with Crippen LogP contribution in [0, 0.1) is 0 Å². The maximum atomic E-state index is 11.5. The van der Waals surface area contributed by atoms with Crippen molar-refractivity contribution in [3.8, 4) is 11.7 Å². The number of fused-ring (bicyclic) bond motifs is 1. The Bertz CT molecular complexity index is 1110. The molecule has 0 radical (unpaired) electrons. The van der Waals surface area contributed by atoms with Crippen LogP contribution in [0.2, 0.25) is 0 Å². The Morgan fingerprint density at radius 3 is 2.19 bits per heavy atom. The number of aromatic nitrogens is 2. The van der Waals surface area contributed by atoms with E-state index in [1.807, 2.05) is 0 Å². The van der Waals surface area contributed by atoms with Gasteiger partial charge in [-0.2, -0.15) is 16.8 Å². The minimum absolute atomic E-state index is 0.117. The predicted octanol–water partition coefficient (Wildman–Crippen LogP) is 1.86. The van der Waals surface area contributed by atoms with Crippen molar-refractivity contribution in [2.45, 2.75) is 23.8 Å². The fourth-order valence-electron chi connectivity index (χ4n) is 2.67. The lowest BCUT2D eigenvalue weighted by atomic mass is 9.96. The minimum Gasteiger partial charge on any atom is -0.451 e. The quantitative estimate of drug-likeness (QED) is 0.602. The monoisotopic (exact) mass is 402 g/mol. The van der Waals surface area contributed by atoms with E-state index in [-0.39, 0.29) is 11.7 Å². The summed E-state index contributed by atoms with van der Waals surface area (Å²) in [5.41, 5.74) is -1.39. The van der Waals surface area contributed by atoms with E-state index in [9.17, 15) is 25.9 Å². The maximum Gasteiger partial charge on any atom is 0.285 e. The van der Waals surface area contributed by atoms with Crippen LogP contribution in [0.1, 0.15) is 19.7 Å². The lowest BCUT2D eigenvalue weighted by Gasteiger charge is -2.25. The lowest BCUT2D eigenvalue weighted by Crippen LogP contribution is -2.45. The first kappa shape index (κ1) is 18.5. The standard InChI is InChI=1S/C14H14N2O8S2/c1-14(2,13(25(17,18)19)26(20,21)22)12-16-15-11(24-12)10-7-8-5-3-4-6-9(8)23-10/h3-7,13H,1-2H3,(H,17,18,19)(H,20,21,22). The number of furan rings is 1. The molecule has 1 aromatic carbocycles. The zero-order chi connectivity index (χ0) is 19.3. The van der Waals surface area contributed by atoms with Crippen molar-refractivity contribution in [2.24, 2.45) is 0 Å². The van der Waals surface area contributed by atoms with Crippen molar-refractivity contribution in [3.05, 3.63) is 36.2 Å². The molecule has 0 bridgehead atoms. The van der Waals surface area contributed by atoms with E-state index in [1.165, 1.54) is 0 Å². The van der Waals surface area contributed by atoms with Crippen molar-refractivity contribution < 1.29 is 34.8 Å². The first-order valence-electron chi connectivity index (χ1n) is 7.16. The van der Waals surface area contributed by atoms with Crippen LogP contribution < -0.4 is 0 Å². The Morgan fingerprint density at radius 2 is 1.62 bits per heavy atom. The highest BCUT2D eigenvalue weighted by Gasteiger charge is 2.52. The van der Waals surface area contributed by atoms with Crippen molar-refractivity contribution in [1.29, 1.82) is 0 Å². The molecule has 2 heterocycles. The Kier molecular flexibility index (Phi) is 4.18. The third kappa shape index (κ3) is 3.23. The molecule has 0 atom stereocenters. The molecule has 0 unspecified atom stereocenters. The van der Waals surface area contributed by atoms with Gasteiger partial charge in [0.05, 0.1) is 5.41 Å². The topological polar surface area (TPSA) is 161 Å². The molecular weight excluding hydrogens is 388 g/mol. The third-order valence-electron chi connectivity index (χ3n) is 3.74. The molecule has 0 fully saturated rings. The van der Waals surface area contributed by atoms with Gasteiger partial charge in [-0.05, 0) is 26.0 Å². The van der Waals surface area contributed by atoms with E-state index < -0.39 is 36.1 Å². The van der Waals surface area contributed by atoms with E-state index in [1.54, 1.807) is 30.3 Å². The Hall–Kier alpha value is -2.28. The molecule has 0 aliphatic rings. The molecule has 3 rings (SSSR count). The van der Waals surface area contributed by atoms with Crippen LogP contribution in [0.3, 0.4) is 0 Å². The highest BCUT2D eigenvalue weighted by atomic mass is 32.3. The minimum atomic E-state index is -5.19. The van der Waals surface area contributed by atoms with Gasteiger partial charge in [0.2, 0.25) is 10.5 Å². The molecule has 2 N–H and O–H groups in total. The maximum absolute atomic E-state index is 11.5. The fourth-order valence-corrected chi connectivity index (χ4v) is 5.59. The second kappa shape index (κ2) is 5.87. The van der Waals surface area contributed by atoms with Crippen molar-refractivity contribution in [2.75, 3.05) is 0 Å². The highest BCUT2D eigenvalue weighted by Crippen LogP contribution is 2.35. The fraction of sp³-hybridized carbons (Fsp3) is 0.286. The van der Waals surface area contributed by atoms with Gasteiger partial charge in [-0.25, -0.2) is 0 Å². The van der Waals surface area contributed by atoms with Crippen LogP contribution in [-0.2, 0) is 25.7 Å². The molecule has 10 nitrogen and oxygen atoms in total. The number of hydrogen-bond donors (Lipinski definition) is 2. The number of hydrogen-bond acceptors (Lipinski definition) is 8. The van der Waals surface area contributed by atoms with Crippen LogP contribution in [0.5, 0.6) is 0 Å². The van der Waals surface area contributed by atoms with Crippen LogP contribution in [0.15, 0.2) is 39.2 Å². The molecular formula is C14H14N2O8S2. The number of benzene rings is 1. The first-order chi connectivity index (χ1) is 11.9. The SMILES string of the molecule is CC(C)(c1nnc(-c2cc3ccccc3o2)o1)C(S(=O)(=O)O)S(=O)(=O)O. The van der Waals surface area contributed by atoms with Crippen LogP contribution in [-0.4, -0.2) is 40.7 Å². The number of para-hydroxylation sites is 1. The Balaban J connectivity index is 2.07. The molecule has 3 aromatic rings. The summed E-state index contributed by atoms with van der Waals surface area (Å²) in [6, 6.07) is 8.68. The second-order valence-electron chi connectivity index (χ2n) is 6.14. The highest BCUT2D eigenvalue weighted by molar-refractivity contribution is 8.04. The summed E-state index contributed by atoms with van der Waals surface area (Å²) in [5.74, 6) is -0.349. The molecule has 140 valence electrons. The first-order valence-corrected chi connectivity index (χ1v) is 10.2. The second-order valence-corrected chi connectivity index (χ2v) is 9.45. The summed E-state index contributed by atoms with van der Waals surface area (Å²) in [7, 11) is -10.4. The Labute approximate surface area is 148 Å². The molecule has 0 aliphatic heterocycles. The van der Waals surface area contributed by atoms with Crippen molar-refractivity contribution in [3.63, 3.8) is 0 Å². The van der Waals surface area contributed by atoms with Crippen LogP contribution in [0.25, 0.3) is 22.6 Å². The summed E-state index contributed by atoms with van der Waals surface area (Å²) in [4.78, 5) is 0. The van der Waals surface area contributed by atoms with Gasteiger partial charge in [0.1, 0.15) is 5.58 Å². The predicted molar refractivity (Wildman–Crippen MR) is 89.4 cm³/mol. The zero-order valence-corrected chi connectivity index (χ0v) is 15.2. The van der Waals surface area contributed by atoms with Gasteiger partial charge in [-0.15, -0.1) is 10.2 Å². The van der Waals surface area contributed by atoms with E-state index in [0.717, 1.165) is 19.2 Å². The largest absolute Gasteiger partial charge is 0.451 e. The summed E-state index contributed by atoms with van der Waals surface area (Å²) in [6.07, 6.45) is 0. The summed E-state index contributed by atoms with van der Waals surface area (Å²) in [6.45, 7) is 2.24. The van der Waals surface area contributed by atoms with Crippen LogP contribution >= 0.6 is 0 Å². The van der Waals surface area contributed by atoms with Gasteiger partial charge in [-0.3, -0.25) is 9.11 Å². The number of nitrogens with zero attached hydrogens (tertiary/aromatic N) is 2. The van der Waals surface area contributed by atoms with E-state index in [4.69, 9.17) is 8.83 Å². The average Bonchev–Trinajstić information content (AvgIpc) is 3.10. The van der Waals surface area contributed by atoms with Gasteiger partial charge in [0, 0.05) is 5.39 Å². The molecule has 0 saturated carbocycles. The van der Waals surface area contributed by atoms with Crippen molar-refractivity contribution in [1.82, 2.24) is 10.2 Å². The Morgan fingerprint density at radius 1 is 1.00 bits per heavy atom. The van der Waals surface area contributed by atoms with Crippen molar-refractivity contribution >= 4 is 31.2 Å². The van der Waals surface area contributed by atoms with Gasteiger partial charge >= 0.3 is 0 Å². The molecule has 26 heavy (non-hydrogen) atoms. The van der Waals surface area contributed by atoms with E-state index in [2.05, 4.69) is 10.2 Å². The molecule has 2 aromatic heterocycles. The molecule has 12 heteroatoms. The zero-order valence-electron chi connectivity index (χ0n) is 13.5. The lowest BCUT2D eigenvalue weighted by molar-refractivity contribution is 0.353. The normalized spacial score (nSPS) is 13.6. The van der Waals surface area contributed by atoms with Gasteiger partial charge in [0.15, 0.2) is 5.76 Å². The summed E-state index contributed by atoms with van der Waals surface area (Å²) in [5, 5.41) is 8.15. The average molecular weight is 402 g/mol. The molecule has 0 amide bonds. The van der Waals surface area contributed by atoms with E-state index >= 15 is 0 Å². The van der Waals surface area contributed by atoms with Gasteiger partial charge < -0.3 is 8.83 Å². The molecule has 0 saturated heterocycles.